The topological polar surface area (TPSA) is 0 Å². The molecule has 0 heteroatoms. The normalized spacial score (nSPS) is 47.5. The Morgan fingerprint density at radius 3 is 2.15 bits per heavy atom. The Labute approximate surface area is 83.1 Å². The molecule has 0 heterocycles. The van der Waals surface area contributed by atoms with Gasteiger partial charge in [-0.3, -0.25) is 0 Å². The Hall–Kier alpha value is 0. The summed E-state index contributed by atoms with van der Waals surface area (Å²) in [5.74, 6) is 4.95. The van der Waals surface area contributed by atoms with Gasteiger partial charge in [-0.1, -0.05) is 34.6 Å². The Balaban J connectivity index is 2.12. The fraction of sp³-hybridized carbons (Fsp3) is 1.00. The third-order valence-corrected chi connectivity index (χ3v) is 5.27. The van der Waals surface area contributed by atoms with Crippen LogP contribution in [0.5, 0.6) is 0 Å². The summed E-state index contributed by atoms with van der Waals surface area (Å²) in [4.78, 5) is 0. The summed E-state index contributed by atoms with van der Waals surface area (Å²) in [6.07, 6.45) is 3.03. The Morgan fingerprint density at radius 2 is 1.77 bits per heavy atom. The fourth-order valence-corrected chi connectivity index (χ4v) is 4.07. The van der Waals surface area contributed by atoms with E-state index in [2.05, 4.69) is 34.6 Å². The van der Waals surface area contributed by atoms with Crippen LogP contribution in [-0.4, -0.2) is 0 Å². The minimum Gasteiger partial charge on any atom is -0.0625 e. The number of fused-ring (bicyclic) bond motifs is 2. The molecular weight excluding hydrogens is 156 g/mol. The van der Waals surface area contributed by atoms with Crippen LogP contribution >= 0.6 is 0 Å². The monoisotopic (exact) mass is 180 g/mol. The van der Waals surface area contributed by atoms with Gasteiger partial charge in [0.15, 0.2) is 0 Å². The zero-order valence-corrected chi connectivity index (χ0v) is 9.80. The SMILES string of the molecule is CC(C)C1C[C@@H]2C[C@H]([C@@H]1C)C2(C)C. The second-order valence-corrected chi connectivity index (χ2v) is 6.36. The smallest absolute Gasteiger partial charge is 0.0295 e. The van der Waals surface area contributed by atoms with E-state index >= 15 is 0 Å². The fourth-order valence-electron chi connectivity index (χ4n) is 4.07. The van der Waals surface area contributed by atoms with Crippen LogP contribution in [0.3, 0.4) is 0 Å². The zero-order chi connectivity index (χ0) is 9.80. The van der Waals surface area contributed by atoms with Gasteiger partial charge in [-0.15, -0.1) is 0 Å². The van der Waals surface area contributed by atoms with E-state index in [0.717, 1.165) is 29.6 Å². The summed E-state index contributed by atoms with van der Waals surface area (Å²) >= 11 is 0. The average molecular weight is 180 g/mol. The van der Waals surface area contributed by atoms with E-state index in [1.54, 1.807) is 0 Å². The third-order valence-electron chi connectivity index (χ3n) is 5.27. The van der Waals surface area contributed by atoms with Gasteiger partial charge in [0.1, 0.15) is 0 Å². The van der Waals surface area contributed by atoms with Crippen molar-refractivity contribution in [3.05, 3.63) is 0 Å². The number of rotatable bonds is 1. The van der Waals surface area contributed by atoms with E-state index in [9.17, 15) is 0 Å². The van der Waals surface area contributed by atoms with Gasteiger partial charge >= 0.3 is 0 Å². The summed E-state index contributed by atoms with van der Waals surface area (Å²) in [5.41, 5.74) is 0.671. The lowest BCUT2D eigenvalue weighted by Crippen LogP contribution is -2.55. The van der Waals surface area contributed by atoms with Crippen LogP contribution < -0.4 is 0 Å². The molecule has 3 aliphatic rings. The molecule has 0 aromatic heterocycles. The molecule has 0 aromatic rings. The first-order valence-electron chi connectivity index (χ1n) is 5.94. The Bertz CT molecular complexity index is 200. The molecule has 3 rings (SSSR count). The van der Waals surface area contributed by atoms with E-state index in [1.165, 1.54) is 12.8 Å². The van der Waals surface area contributed by atoms with Crippen molar-refractivity contribution in [3.8, 4) is 0 Å². The molecule has 0 nitrogen and oxygen atoms in total. The molecule has 4 atom stereocenters. The lowest BCUT2D eigenvalue weighted by molar-refractivity contribution is -0.137. The lowest BCUT2D eigenvalue weighted by Gasteiger charge is -2.63. The highest BCUT2D eigenvalue weighted by Gasteiger charge is 2.56. The largest absolute Gasteiger partial charge is 0.0625 e. The molecule has 0 aromatic carbocycles. The summed E-state index contributed by atoms with van der Waals surface area (Å²) in [5, 5.41) is 0. The van der Waals surface area contributed by atoms with E-state index < -0.39 is 0 Å². The molecule has 3 saturated carbocycles. The molecule has 76 valence electrons. The van der Waals surface area contributed by atoms with Gasteiger partial charge in [0.05, 0.1) is 0 Å². The molecule has 2 bridgehead atoms. The quantitative estimate of drug-likeness (QED) is 0.573. The predicted octanol–water partition coefficient (Wildman–Crippen LogP) is 3.96. The summed E-state index contributed by atoms with van der Waals surface area (Å²) in [6, 6.07) is 0. The predicted molar refractivity (Wildman–Crippen MR) is 57.5 cm³/mol. The van der Waals surface area contributed by atoms with E-state index in [4.69, 9.17) is 0 Å². The molecular formula is C13H24. The third kappa shape index (κ3) is 1.17. The van der Waals surface area contributed by atoms with Crippen LogP contribution in [0.25, 0.3) is 0 Å². The molecule has 0 spiro atoms. The van der Waals surface area contributed by atoms with Gasteiger partial charge in [0.25, 0.3) is 0 Å². The maximum absolute atomic E-state index is 2.49. The molecule has 3 aliphatic carbocycles. The van der Waals surface area contributed by atoms with Gasteiger partial charge in [-0.05, 0) is 47.8 Å². The van der Waals surface area contributed by atoms with Gasteiger partial charge in [0, 0.05) is 0 Å². The summed E-state index contributed by atoms with van der Waals surface area (Å²) in [7, 11) is 0. The Morgan fingerprint density at radius 1 is 1.15 bits per heavy atom. The van der Waals surface area contributed by atoms with Crippen molar-refractivity contribution < 1.29 is 0 Å². The van der Waals surface area contributed by atoms with Crippen LogP contribution in [0.1, 0.15) is 47.5 Å². The highest BCUT2D eigenvalue weighted by Crippen LogP contribution is 2.63. The van der Waals surface area contributed by atoms with Crippen LogP contribution in [0.15, 0.2) is 0 Å². The summed E-state index contributed by atoms with van der Waals surface area (Å²) in [6.45, 7) is 12.3. The molecule has 1 unspecified atom stereocenters. The number of hydrogen-bond donors (Lipinski definition) is 0. The van der Waals surface area contributed by atoms with Crippen LogP contribution in [0, 0.1) is 35.0 Å². The second kappa shape index (κ2) is 2.74. The van der Waals surface area contributed by atoms with Crippen molar-refractivity contribution in [3.63, 3.8) is 0 Å². The first-order chi connectivity index (χ1) is 5.94. The summed E-state index contributed by atoms with van der Waals surface area (Å²) < 4.78 is 0. The van der Waals surface area contributed by atoms with E-state index in [1.807, 2.05) is 0 Å². The van der Waals surface area contributed by atoms with Crippen LogP contribution in [-0.2, 0) is 0 Å². The maximum atomic E-state index is 2.49. The molecule has 3 fully saturated rings. The number of hydrogen-bond acceptors (Lipinski definition) is 0. The van der Waals surface area contributed by atoms with Gasteiger partial charge in [0.2, 0.25) is 0 Å². The van der Waals surface area contributed by atoms with Crippen molar-refractivity contribution in [1.29, 1.82) is 0 Å². The molecule has 0 N–H and O–H groups in total. The molecule has 0 radical (unpaired) electrons. The average Bonchev–Trinajstić information content (AvgIpc) is 2.02. The molecule has 13 heavy (non-hydrogen) atoms. The van der Waals surface area contributed by atoms with Crippen molar-refractivity contribution in [2.75, 3.05) is 0 Å². The molecule has 0 amide bonds. The van der Waals surface area contributed by atoms with Crippen molar-refractivity contribution >= 4 is 0 Å². The highest BCUT2D eigenvalue weighted by atomic mass is 14.6. The standard InChI is InChI=1S/C13H24/c1-8(2)11-6-10-7-12(9(11)3)13(10,4)5/h8-12H,6-7H2,1-5H3/t9-,10-,11?,12-/m1/s1. The van der Waals surface area contributed by atoms with Gasteiger partial charge in [-0.2, -0.15) is 0 Å². The van der Waals surface area contributed by atoms with Crippen molar-refractivity contribution in [2.45, 2.75) is 47.5 Å². The minimum absolute atomic E-state index is 0.671. The first-order valence-corrected chi connectivity index (χ1v) is 5.94. The highest BCUT2D eigenvalue weighted by molar-refractivity contribution is 5.05. The van der Waals surface area contributed by atoms with Crippen LogP contribution in [0.4, 0.5) is 0 Å². The van der Waals surface area contributed by atoms with E-state index in [-0.39, 0.29) is 0 Å². The van der Waals surface area contributed by atoms with Gasteiger partial charge in [-0.25, -0.2) is 0 Å². The lowest BCUT2D eigenvalue weighted by atomic mass is 9.42. The second-order valence-electron chi connectivity index (χ2n) is 6.36. The first kappa shape index (κ1) is 9.55. The van der Waals surface area contributed by atoms with Crippen LogP contribution in [0.2, 0.25) is 0 Å². The van der Waals surface area contributed by atoms with E-state index in [0.29, 0.717) is 5.41 Å². The Kier molecular flexibility index (Phi) is 2.02. The maximum Gasteiger partial charge on any atom is -0.0295 e. The van der Waals surface area contributed by atoms with Gasteiger partial charge < -0.3 is 0 Å². The zero-order valence-electron chi connectivity index (χ0n) is 9.80. The van der Waals surface area contributed by atoms with Crippen molar-refractivity contribution in [1.82, 2.24) is 0 Å². The molecule has 0 aliphatic heterocycles. The minimum atomic E-state index is 0.671. The van der Waals surface area contributed by atoms with Crippen molar-refractivity contribution in [2.24, 2.45) is 35.0 Å². The molecule has 0 saturated heterocycles.